The summed E-state index contributed by atoms with van der Waals surface area (Å²) >= 11 is 0. The van der Waals surface area contributed by atoms with Gasteiger partial charge in [0, 0.05) is 46.9 Å². The number of aliphatic hydroxyl groups excluding tert-OH is 2. The van der Waals surface area contributed by atoms with Crippen molar-refractivity contribution in [3.63, 3.8) is 0 Å². The van der Waals surface area contributed by atoms with E-state index in [1.54, 1.807) is 12.1 Å². The standard InChI is InChI=1S/C30H24O10/c31-15-5-1-13(2-6-15)27-21(36)11-18-19(34)12-23-25(28(18)38-27)26-24-20(35)9-17(33)10-22(24)39-30(40-23,29(26)37)14-3-7-16(32)8-4-14/h1-10,12,21,26-27,29,31-37H,11H2/t21-,26+,27-,29+,30-/m1/s1. The van der Waals surface area contributed by atoms with Crippen molar-refractivity contribution in [1.82, 2.24) is 0 Å². The van der Waals surface area contributed by atoms with Crippen LogP contribution in [0.2, 0.25) is 0 Å². The normalized spacial score (nSPS) is 25.9. The average molecular weight is 545 g/mol. The molecule has 10 heteroatoms. The second-order valence-electron chi connectivity index (χ2n) is 10.2. The maximum atomic E-state index is 11.9. The van der Waals surface area contributed by atoms with E-state index in [2.05, 4.69) is 0 Å². The van der Waals surface area contributed by atoms with E-state index >= 15 is 0 Å². The molecule has 0 saturated heterocycles. The summed E-state index contributed by atoms with van der Waals surface area (Å²) < 4.78 is 18.9. The van der Waals surface area contributed by atoms with Gasteiger partial charge in [-0.1, -0.05) is 12.1 Å². The Labute approximate surface area is 227 Å². The first-order chi connectivity index (χ1) is 19.2. The Hall–Kier alpha value is -4.80. The van der Waals surface area contributed by atoms with E-state index in [1.807, 2.05) is 0 Å². The summed E-state index contributed by atoms with van der Waals surface area (Å²) in [6.45, 7) is 0. The highest BCUT2D eigenvalue weighted by molar-refractivity contribution is 5.67. The van der Waals surface area contributed by atoms with E-state index in [1.165, 1.54) is 48.5 Å². The molecule has 40 heavy (non-hydrogen) atoms. The highest BCUT2D eigenvalue weighted by Crippen LogP contribution is 2.62. The molecule has 0 spiro atoms. The molecule has 3 aliphatic heterocycles. The number of ether oxygens (including phenoxy) is 3. The smallest absolute Gasteiger partial charge is 0.305 e. The maximum Gasteiger partial charge on any atom is 0.305 e. The van der Waals surface area contributed by atoms with Crippen molar-refractivity contribution in [2.24, 2.45) is 0 Å². The quantitative estimate of drug-likeness (QED) is 0.199. The van der Waals surface area contributed by atoms with Gasteiger partial charge in [-0.15, -0.1) is 0 Å². The van der Waals surface area contributed by atoms with Crippen LogP contribution >= 0.6 is 0 Å². The molecule has 0 aliphatic carbocycles. The first-order valence-corrected chi connectivity index (χ1v) is 12.6. The predicted molar refractivity (Wildman–Crippen MR) is 138 cm³/mol. The number of phenols is 5. The van der Waals surface area contributed by atoms with E-state index in [0.29, 0.717) is 22.3 Å². The molecule has 10 nitrogen and oxygen atoms in total. The third kappa shape index (κ3) is 3.36. The van der Waals surface area contributed by atoms with E-state index in [0.717, 1.165) is 6.07 Å². The lowest BCUT2D eigenvalue weighted by molar-refractivity contribution is -0.219. The minimum Gasteiger partial charge on any atom is -0.508 e. The summed E-state index contributed by atoms with van der Waals surface area (Å²) in [5, 5.41) is 74.7. The lowest BCUT2D eigenvalue weighted by Crippen LogP contribution is -2.57. The van der Waals surface area contributed by atoms with Gasteiger partial charge < -0.3 is 50.0 Å². The van der Waals surface area contributed by atoms with E-state index in [4.69, 9.17) is 14.2 Å². The molecule has 0 amide bonds. The van der Waals surface area contributed by atoms with Gasteiger partial charge in [0.1, 0.15) is 58.2 Å². The third-order valence-electron chi connectivity index (χ3n) is 7.82. The van der Waals surface area contributed by atoms with Crippen LogP contribution in [0.25, 0.3) is 0 Å². The molecule has 0 fully saturated rings. The molecule has 3 aliphatic rings. The first kappa shape index (κ1) is 24.3. The summed E-state index contributed by atoms with van der Waals surface area (Å²) in [6.07, 6.45) is -3.38. The topological polar surface area (TPSA) is 169 Å². The molecule has 4 aromatic rings. The summed E-state index contributed by atoms with van der Waals surface area (Å²) in [6, 6.07) is 15.8. The van der Waals surface area contributed by atoms with Gasteiger partial charge in [0.15, 0.2) is 0 Å². The number of phenolic OH excluding ortho intramolecular Hbond substituents is 5. The molecule has 0 unspecified atom stereocenters. The lowest BCUT2D eigenvalue weighted by atomic mass is 9.74. The fourth-order valence-electron chi connectivity index (χ4n) is 5.99. The molecule has 4 aromatic carbocycles. The van der Waals surface area contributed by atoms with Gasteiger partial charge in [0.05, 0.1) is 12.0 Å². The van der Waals surface area contributed by atoms with Gasteiger partial charge in [-0.2, -0.15) is 0 Å². The van der Waals surface area contributed by atoms with Crippen LogP contribution in [0.5, 0.6) is 46.0 Å². The molecular formula is C30H24O10. The first-order valence-electron chi connectivity index (χ1n) is 12.6. The number of hydrogen-bond acceptors (Lipinski definition) is 10. The van der Waals surface area contributed by atoms with Gasteiger partial charge in [0.2, 0.25) is 0 Å². The number of fused-ring (bicyclic) bond motifs is 8. The molecule has 204 valence electrons. The highest BCUT2D eigenvalue weighted by Gasteiger charge is 2.60. The second kappa shape index (κ2) is 8.35. The SMILES string of the molecule is Oc1ccc([C@H]2Oc3c(c(O)cc4c3[C@@H]3c5c(O)cc(O)cc5O[C@](c5ccc(O)cc5)(O4)[C@H]3O)C[C@H]2O)cc1. The summed E-state index contributed by atoms with van der Waals surface area (Å²) in [5.74, 6) is -3.36. The summed E-state index contributed by atoms with van der Waals surface area (Å²) in [4.78, 5) is 0. The van der Waals surface area contributed by atoms with Crippen LogP contribution < -0.4 is 14.2 Å². The van der Waals surface area contributed by atoms with Crippen LogP contribution in [-0.2, 0) is 12.2 Å². The number of benzene rings is 4. The number of aromatic hydroxyl groups is 5. The Morgan fingerprint density at radius 2 is 1.30 bits per heavy atom. The zero-order valence-electron chi connectivity index (χ0n) is 20.7. The Morgan fingerprint density at radius 3 is 1.98 bits per heavy atom. The number of rotatable bonds is 2. The van der Waals surface area contributed by atoms with Gasteiger partial charge in [-0.05, 0) is 42.0 Å². The lowest BCUT2D eigenvalue weighted by Gasteiger charge is -2.50. The molecule has 0 radical (unpaired) electrons. The van der Waals surface area contributed by atoms with Crippen molar-refractivity contribution in [3.05, 3.63) is 94.5 Å². The van der Waals surface area contributed by atoms with Crippen molar-refractivity contribution in [2.75, 3.05) is 0 Å². The summed E-state index contributed by atoms with van der Waals surface area (Å²) in [7, 11) is 0. The fraction of sp³-hybridized carbons (Fsp3) is 0.200. The van der Waals surface area contributed by atoms with Crippen LogP contribution in [0.1, 0.15) is 39.8 Å². The van der Waals surface area contributed by atoms with Gasteiger partial charge in [-0.3, -0.25) is 0 Å². The van der Waals surface area contributed by atoms with E-state index < -0.39 is 30.0 Å². The number of hydrogen-bond donors (Lipinski definition) is 7. The Morgan fingerprint density at radius 1 is 0.675 bits per heavy atom. The van der Waals surface area contributed by atoms with E-state index in [-0.39, 0.29) is 58.0 Å². The molecule has 7 rings (SSSR count). The monoisotopic (exact) mass is 544 g/mol. The third-order valence-corrected chi connectivity index (χ3v) is 7.82. The average Bonchev–Trinajstić information content (AvgIpc) is 2.90. The molecule has 3 heterocycles. The number of aliphatic hydroxyl groups is 2. The Balaban J connectivity index is 1.47. The van der Waals surface area contributed by atoms with Crippen LogP contribution in [0, 0.1) is 0 Å². The highest BCUT2D eigenvalue weighted by atomic mass is 16.7. The zero-order valence-corrected chi connectivity index (χ0v) is 20.7. The minimum absolute atomic E-state index is 0.0107. The van der Waals surface area contributed by atoms with Crippen LogP contribution in [-0.4, -0.2) is 48.0 Å². The van der Waals surface area contributed by atoms with Gasteiger partial charge >= 0.3 is 5.79 Å². The molecular weight excluding hydrogens is 520 g/mol. The molecule has 2 bridgehead atoms. The molecule has 7 N–H and O–H groups in total. The van der Waals surface area contributed by atoms with Crippen molar-refractivity contribution < 1.29 is 50.0 Å². The van der Waals surface area contributed by atoms with Crippen molar-refractivity contribution in [2.45, 2.75) is 36.4 Å². The Kier molecular flexibility index (Phi) is 5.06. The minimum atomic E-state index is -1.89. The maximum absolute atomic E-state index is 11.9. The largest absolute Gasteiger partial charge is 0.508 e. The van der Waals surface area contributed by atoms with Crippen LogP contribution in [0.3, 0.4) is 0 Å². The van der Waals surface area contributed by atoms with Crippen LogP contribution in [0.4, 0.5) is 0 Å². The van der Waals surface area contributed by atoms with Crippen LogP contribution in [0.15, 0.2) is 66.7 Å². The second-order valence-corrected chi connectivity index (χ2v) is 10.2. The van der Waals surface area contributed by atoms with Gasteiger partial charge in [0.25, 0.3) is 0 Å². The van der Waals surface area contributed by atoms with Gasteiger partial charge in [-0.25, -0.2) is 0 Å². The zero-order chi connectivity index (χ0) is 27.9. The van der Waals surface area contributed by atoms with E-state index in [9.17, 15) is 35.7 Å². The predicted octanol–water partition coefficient (Wildman–Crippen LogP) is 3.38. The van der Waals surface area contributed by atoms with Crippen molar-refractivity contribution >= 4 is 0 Å². The van der Waals surface area contributed by atoms with Crippen molar-refractivity contribution in [1.29, 1.82) is 0 Å². The Bertz CT molecular complexity index is 1650. The fourth-order valence-corrected chi connectivity index (χ4v) is 5.99. The van der Waals surface area contributed by atoms with Crippen molar-refractivity contribution in [3.8, 4) is 46.0 Å². The molecule has 0 saturated carbocycles. The molecule has 0 aromatic heterocycles. The summed E-state index contributed by atoms with van der Waals surface area (Å²) in [5.41, 5.74) is 1.69. The molecule has 5 atom stereocenters.